The molecule has 2 atom stereocenters. The van der Waals surface area contributed by atoms with Crippen LogP contribution in [-0.2, 0) is 0 Å². The summed E-state index contributed by atoms with van der Waals surface area (Å²) in [7, 11) is 0. The summed E-state index contributed by atoms with van der Waals surface area (Å²) >= 11 is 1.94. The van der Waals surface area contributed by atoms with Crippen molar-refractivity contribution in [3.63, 3.8) is 0 Å². The molecule has 88 valence electrons. The highest BCUT2D eigenvalue weighted by molar-refractivity contribution is 8.00. The molecular formula is C12H17NO2S. The van der Waals surface area contributed by atoms with E-state index in [1.807, 2.05) is 16.7 Å². The molecule has 2 heterocycles. The first-order valence-corrected chi connectivity index (χ1v) is 6.75. The van der Waals surface area contributed by atoms with Gasteiger partial charge >= 0.3 is 0 Å². The third kappa shape index (κ3) is 2.12. The first-order valence-electron chi connectivity index (χ1n) is 5.70. The largest absolute Gasteiger partial charge is 0.459 e. The molecule has 1 amide bonds. The molecule has 2 unspecified atom stereocenters. The van der Waals surface area contributed by atoms with Crippen LogP contribution in [0.2, 0.25) is 0 Å². The predicted molar refractivity (Wildman–Crippen MR) is 65.7 cm³/mol. The maximum absolute atomic E-state index is 12.2. The fourth-order valence-electron chi connectivity index (χ4n) is 2.21. The summed E-state index contributed by atoms with van der Waals surface area (Å²) in [5, 5.41) is 0.512. The van der Waals surface area contributed by atoms with Crippen LogP contribution in [0, 0.1) is 0 Å². The Morgan fingerprint density at radius 1 is 1.69 bits per heavy atom. The standard InChI is InChI=1S/C12H17NO2S/c1-3-10-9(2)16-8-6-13(10)12(14)11-5-4-7-15-11/h4-5,7,9-10H,3,6,8H2,1-2H3. The molecule has 16 heavy (non-hydrogen) atoms. The van der Waals surface area contributed by atoms with Gasteiger partial charge in [-0.15, -0.1) is 0 Å². The molecule has 1 aliphatic heterocycles. The molecule has 4 heteroatoms. The first-order chi connectivity index (χ1) is 7.74. The maximum atomic E-state index is 12.2. The maximum Gasteiger partial charge on any atom is 0.289 e. The summed E-state index contributed by atoms with van der Waals surface area (Å²) in [5.74, 6) is 1.51. The topological polar surface area (TPSA) is 33.5 Å². The van der Waals surface area contributed by atoms with Gasteiger partial charge in [0.1, 0.15) is 0 Å². The molecule has 1 aliphatic rings. The van der Waals surface area contributed by atoms with Crippen LogP contribution in [0.4, 0.5) is 0 Å². The van der Waals surface area contributed by atoms with Gasteiger partial charge in [0.15, 0.2) is 5.76 Å². The van der Waals surface area contributed by atoms with Crippen LogP contribution in [0.25, 0.3) is 0 Å². The van der Waals surface area contributed by atoms with Gasteiger partial charge in [-0.05, 0) is 18.6 Å². The molecule has 0 radical (unpaired) electrons. The quantitative estimate of drug-likeness (QED) is 0.795. The zero-order valence-corrected chi connectivity index (χ0v) is 10.5. The summed E-state index contributed by atoms with van der Waals surface area (Å²) in [4.78, 5) is 14.2. The Labute approximate surface area is 100 Å². The van der Waals surface area contributed by atoms with Gasteiger partial charge in [-0.1, -0.05) is 13.8 Å². The lowest BCUT2D eigenvalue weighted by Crippen LogP contribution is -2.49. The van der Waals surface area contributed by atoms with Crippen molar-refractivity contribution in [2.75, 3.05) is 12.3 Å². The first kappa shape index (κ1) is 11.6. The van der Waals surface area contributed by atoms with Crippen molar-refractivity contribution in [3.05, 3.63) is 24.2 Å². The second-order valence-electron chi connectivity index (χ2n) is 4.03. The Morgan fingerprint density at radius 3 is 3.12 bits per heavy atom. The van der Waals surface area contributed by atoms with Gasteiger partial charge in [-0.3, -0.25) is 4.79 Å². The van der Waals surface area contributed by atoms with Crippen molar-refractivity contribution in [2.45, 2.75) is 31.6 Å². The number of furan rings is 1. The number of hydrogen-bond acceptors (Lipinski definition) is 3. The van der Waals surface area contributed by atoms with Gasteiger partial charge in [0, 0.05) is 23.6 Å². The molecule has 3 nitrogen and oxygen atoms in total. The molecule has 1 aromatic rings. The van der Waals surface area contributed by atoms with Gasteiger partial charge in [0.25, 0.3) is 5.91 Å². The second-order valence-corrected chi connectivity index (χ2v) is 5.51. The van der Waals surface area contributed by atoms with E-state index in [2.05, 4.69) is 13.8 Å². The van der Waals surface area contributed by atoms with E-state index in [-0.39, 0.29) is 5.91 Å². The van der Waals surface area contributed by atoms with Crippen molar-refractivity contribution in [3.8, 4) is 0 Å². The fourth-order valence-corrected chi connectivity index (χ4v) is 3.45. The number of thioether (sulfide) groups is 1. The van der Waals surface area contributed by atoms with E-state index in [9.17, 15) is 4.79 Å². The van der Waals surface area contributed by atoms with Crippen molar-refractivity contribution in [2.24, 2.45) is 0 Å². The third-order valence-electron chi connectivity index (χ3n) is 3.07. The minimum absolute atomic E-state index is 0.0315. The van der Waals surface area contributed by atoms with Crippen molar-refractivity contribution < 1.29 is 9.21 Å². The summed E-state index contributed by atoms with van der Waals surface area (Å²) in [6.45, 7) is 5.16. The number of nitrogens with zero attached hydrogens (tertiary/aromatic N) is 1. The lowest BCUT2D eigenvalue weighted by Gasteiger charge is -2.38. The molecule has 0 bridgehead atoms. The number of carbonyl (C=O) groups is 1. The molecule has 1 saturated heterocycles. The highest BCUT2D eigenvalue weighted by atomic mass is 32.2. The van der Waals surface area contributed by atoms with Gasteiger partial charge in [0.2, 0.25) is 0 Å². The van der Waals surface area contributed by atoms with E-state index in [1.165, 1.54) is 0 Å². The normalized spacial score (nSPS) is 25.8. The summed E-state index contributed by atoms with van der Waals surface area (Å²) in [6, 6.07) is 3.83. The number of hydrogen-bond donors (Lipinski definition) is 0. The second kappa shape index (κ2) is 4.95. The smallest absolute Gasteiger partial charge is 0.289 e. The van der Waals surface area contributed by atoms with Crippen molar-refractivity contribution >= 4 is 17.7 Å². The number of rotatable bonds is 2. The van der Waals surface area contributed by atoms with Gasteiger partial charge < -0.3 is 9.32 Å². The Hall–Kier alpha value is -0.900. The molecule has 2 rings (SSSR count). The van der Waals surface area contributed by atoms with Crippen LogP contribution >= 0.6 is 11.8 Å². The molecule has 0 aliphatic carbocycles. The van der Waals surface area contributed by atoms with Crippen LogP contribution in [0.1, 0.15) is 30.8 Å². The fraction of sp³-hybridized carbons (Fsp3) is 0.583. The van der Waals surface area contributed by atoms with Crippen LogP contribution < -0.4 is 0 Å². The van der Waals surface area contributed by atoms with E-state index >= 15 is 0 Å². The zero-order valence-electron chi connectivity index (χ0n) is 9.68. The minimum Gasteiger partial charge on any atom is -0.459 e. The number of carbonyl (C=O) groups excluding carboxylic acids is 1. The molecule has 1 fully saturated rings. The van der Waals surface area contributed by atoms with Crippen molar-refractivity contribution in [1.82, 2.24) is 4.90 Å². The average Bonchev–Trinajstić information content (AvgIpc) is 2.81. The molecular weight excluding hydrogens is 222 g/mol. The van der Waals surface area contributed by atoms with Gasteiger partial charge in [-0.25, -0.2) is 0 Å². The summed E-state index contributed by atoms with van der Waals surface area (Å²) in [5.41, 5.74) is 0. The average molecular weight is 239 g/mol. The molecule has 0 aromatic carbocycles. The SMILES string of the molecule is CCC1C(C)SCCN1C(=O)c1ccco1. The molecule has 0 saturated carbocycles. The van der Waals surface area contributed by atoms with E-state index in [0.717, 1.165) is 18.7 Å². The molecule has 1 aromatic heterocycles. The van der Waals surface area contributed by atoms with E-state index in [0.29, 0.717) is 17.1 Å². The Kier molecular flexibility index (Phi) is 3.59. The van der Waals surface area contributed by atoms with Crippen LogP contribution in [-0.4, -0.2) is 34.4 Å². The van der Waals surface area contributed by atoms with Crippen molar-refractivity contribution in [1.29, 1.82) is 0 Å². The number of amides is 1. The summed E-state index contributed by atoms with van der Waals surface area (Å²) in [6.07, 6.45) is 2.55. The van der Waals surface area contributed by atoms with Crippen LogP contribution in [0.5, 0.6) is 0 Å². The highest BCUT2D eigenvalue weighted by Crippen LogP contribution is 2.27. The molecule has 0 spiro atoms. The van der Waals surface area contributed by atoms with Gasteiger partial charge in [-0.2, -0.15) is 11.8 Å². The van der Waals surface area contributed by atoms with E-state index in [4.69, 9.17) is 4.42 Å². The zero-order chi connectivity index (χ0) is 11.5. The highest BCUT2D eigenvalue weighted by Gasteiger charge is 2.32. The Morgan fingerprint density at radius 2 is 2.50 bits per heavy atom. The van der Waals surface area contributed by atoms with Crippen LogP contribution in [0.15, 0.2) is 22.8 Å². The third-order valence-corrected chi connectivity index (χ3v) is 4.32. The predicted octanol–water partition coefficient (Wildman–Crippen LogP) is 2.64. The van der Waals surface area contributed by atoms with Crippen LogP contribution in [0.3, 0.4) is 0 Å². The Balaban J connectivity index is 2.15. The lowest BCUT2D eigenvalue weighted by atomic mass is 10.1. The minimum atomic E-state index is 0.0315. The van der Waals surface area contributed by atoms with Gasteiger partial charge in [0.05, 0.1) is 6.26 Å². The lowest BCUT2D eigenvalue weighted by molar-refractivity contribution is 0.0645. The summed E-state index contributed by atoms with van der Waals surface area (Å²) < 4.78 is 5.18. The van der Waals surface area contributed by atoms with E-state index < -0.39 is 0 Å². The molecule has 0 N–H and O–H groups in total. The van der Waals surface area contributed by atoms with E-state index in [1.54, 1.807) is 18.4 Å². The Bertz CT molecular complexity index is 350. The monoisotopic (exact) mass is 239 g/mol.